The zero-order valence-corrected chi connectivity index (χ0v) is 9.83. The van der Waals surface area contributed by atoms with E-state index in [2.05, 4.69) is 15.6 Å². The molecule has 0 saturated carbocycles. The molecule has 0 spiro atoms. The van der Waals surface area contributed by atoms with Crippen molar-refractivity contribution in [3.8, 4) is 0 Å². The molecule has 0 saturated heterocycles. The lowest BCUT2D eigenvalue weighted by atomic mass is 10.0. The zero-order valence-electron chi connectivity index (χ0n) is 9.83. The number of carbonyl (C=O) groups excluding carboxylic acids is 1. The van der Waals surface area contributed by atoms with Crippen LogP contribution in [0.15, 0.2) is 12.4 Å². The molecular weight excluding hydrogens is 224 g/mol. The Labute approximate surface area is 98.8 Å². The van der Waals surface area contributed by atoms with Crippen LogP contribution in [-0.4, -0.2) is 38.0 Å². The van der Waals surface area contributed by atoms with Crippen LogP contribution in [-0.2, 0) is 16.1 Å². The van der Waals surface area contributed by atoms with Gasteiger partial charge in [0, 0.05) is 6.20 Å². The number of carboxylic acid groups (broad SMARTS) is 1. The van der Waals surface area contributed by atoms with E-state index in [9.17, 15) is 9.59 Å². The number of carboxylic acids is 1. The highest BCUT2D eigenvalue weighted by Gasteiger charge is 2.21. The molecule has 0 fully saturated rings. The van der Waals surface area contributed by atoms with E-state index in [-0.39, 0.29) is 18.4 Å². The van der Waals surface area contributed by atoms with E-state index in [1.54, 1.807) is 0 Å². The number of rotatable bonds is 6. The molecular formula is C10H16N4O3. The predicted octanol–water partition coefficient (Wildman–Crippen LogP) is -0.106. The molecule has 0 unspecified atom stereocenters. The zero-order chi connectivity index (χ0) is 12.8. The van der Waals surface area contributed by atoms with E-state index >= 15 is 0 Å². The van der Waals surface area contributed by atoms with Gasteiger partial charge in [0.25, 0.3) is 0 Å². The molecule has 17 heavy (non-hydrogen) atoms. The van der Waals surface area contributed by atoms with Crippen molar-refractivity contribution >= 4 is 11.9 Å². The predicted molar refractivity (Wildman–Crippen MR) is 59.0 cm³/mol. The van der Waals surface area contributed by atoms with Crippen molar-refractivity contribution in [1.82, 2.24) is 20.3 Å². The van der Waals surface area contributed by atoms with Gasteiger partial charge in [-0.05, 0) is 12.3 Å². The minimum atomic E-state index is -1.02. The van der Waals surface area contributed by atoms with Gasteiger partial charge in [0.2, 0.25) is 5.91 Å². The summed E-state index contributed by atoms with van der Waals surface area (Å²) in [6.45, 7) is 3.78. The summed E-state index contributed by atoms with van der Waals surface area (Å²) in [5, 5.41) is 18.6. The Bertz CT molecular complexity index is 375. The molecule has 1 rings (SSSR count). The van der Waals surface area contributed by atoms with Crippen LogP contribution in [0, 0.1) is 5.92 Å². The Hall–Kier alpha value is -1.92. The molecule has 0 aliphatic carbocycles. The quantitative estimate of drug-likeness (QED) is 0.723. The lowest BCUT2D eigenvalue weighted by molar-refractivity contribution is -0.142. The standard InChI is InChI=1S/C10H16N4O3/c1-7(2)5-8(10(16)17)12-9(15)6-14-4-3-11-13-14/h3-4,7-8H,5-6H2,1-2H3,(H,12,15)(H,16,17)/t8-/m1/s1. The number of hydrogen-bond donors (Lipinski definition) is 2. The molecule has 1 heterocycles. The number of aliphatic carboxylic acids is 1. The highest BCUT2D eigenvalue weighted by molar-refractivity contribution is 5.83. The lowest BCUT2D eigenvalue weighted by Gasteiger charge is -2.16. The van der Waals surface area contributed by atoms with Gasteiger partial charge in [-0.1, -0.05) is 19.1 Å². The molecule has 7 heteroatoms. The fourth-order valence-corrected chi connectivity index (χ4v) is 1.40. The van der Waals surface area contributed by atoms with E-state index in [4.69, 9.17) is 5.11 Å². The van der Waals surface area contributed by atoms with E-state index in [0.29, 0.717) is 6.42 Å². The van der Waals surface area contributed by atoms with Gasteiger partial charge in [0.15, 0.2) is 0 Å². The monoisotopic (exact) mass is 240 g/mol. The van der Waals surface area contributed by atoms with Crippen molar-refractivity contribution in [2.24, 2.45) is 5.92 Å². The number of amides is 1. The van der Waals surface area contributed by atoms with Crippen LogP contribution < -0.4 is 5.32 Å². The minimum Gasteiger partial charge on any atom is -0.480 e. The van der Waals surface area contributed by atoms with Gasteiger partial charge < -0.3 is 10.4 Å². The van der Waals surface area contributed by atoms with Gasteiger partial charge in [-0.25, -0.2) is 9.48 Å². The Balaban J connectivity index is 2.49. The highest BCUT2D eigenvalue weighted by atomic mass is 16.4. The summed E-state index contributed by atoms with van der Waals surface area (Å²) in [5.41, 5.74) is 0. The van der Waals surface area contributed by atoms with Crippen LogP contribution in [0.1, 0.15) is 20.3 Å². The van der Waals surface area contributed by atoms with E-state index in [1.807, 2.05) is 13.8 Å². The summed E-state index contributed by atoms with van der Waals surface area (Å²) < 4.78 is 1.34. The maximum Gasteiger partial charge on any atom is 0.326 e. The fraction of sp³-hybridized carbons (Fsp3) is 0.600. The largest absolute Gasteiger partial charge is 0.480 e. The summed E-state index contributed by atoms with van der Waals surface area (Å²) in [5.74, 6) is -1.21. The molecule has 1 aromatic heterocycles. The Morgan fingerprint density at radius 2 is 2.18 bits per heavy atom. The Morgan fingerprint density at radius 3 is 2.65 bits per heavy atom. The maximum atomic E-state index is 11.5. The molecule has 0 aliphatic heterocycles. The van der Waals surface area contributed by atoms with Gasteiger partial charge >= 0.3 is 5.97 Å². The highest BCUT2D eigenvalue weighted by Crippen LogP contribution is 2.04. The van der Waals surface area contributed by atoms with Gasteiger partial charge in [0.05, 0.1) is 6.20 Å². The molecule has 0 radical (unpaired) electrons. The van der Waals surface area contributed by atoms with Crippen molar-refractivity contribution in [2.75, 3.05) is 0 Å². The maximum absolute atomic E-state index is 11.5. The first-order chi connectivity index (χ1) is 7.99. The van der Waals surface area contributed by atoms with Gasteiger partial charge in [-0.15, -0.1) is 5.10 Å². The van der Waals surface area contributed by atoms with Crippen LogP contribution in [0.5, 0.6) is 0 Å². The molecule has 1 amide bonds. The molecule has 2 N–H and O–H groups in total. The first kappa shape index (κ1) is 13.1. The SMILES string of the molecule is CC(C)C[C@@H](NC(=O)Cn1ccnn1)C(=O)O. The number of aromatic nitrogens is 3. The van der Waals surface area contributed by atoms with Crippen molar-refractivity contribution in [1.29, 1.82) is 0 Å². The van der Waals surface area contributed by atoms with Crippen LogP contribution in [0.25, 0.3) is 0 Å². The second-order valence-electron chi connectivity index (χ2n) is 4.19. The summed E-state index contributed by atoms with van der Waals surface area (Å²) in [4.78, 5) is 22.5. The molecule has 0 bridgehead atoms. The number of nitrogens with zero attached hydrogens (tertiary/aromatic N) is 3. The number of nitrogens with one attached hydrogen (secondary N) is 1. The number of hydrogen-bond acceptors (Lipinski definition) is 4. The van der Waals surface area contributed by atoms with Crippen molar-refractivity contribution in [3.63, 3.8) is 0 Å². The Kier molecular flexibility index (Phi) is 4.62. The minimum absolute atomic E-state index is 0.0259. The average molecular weight is 240 g/mol. The molecule has 7 nitrogen and oxygen atoms in total. The summed E-state index contributed by atoms with van der Waals surface area (Å²) in [6, 6.07) is -0.856. The second kappa shape index (κ2) is 5.97. The smallest absolute Gasteiger partial charge is 0.326 e. The van der Waals surface area contributed by atoms with Crippen LogP contribution in [0.4, 0.5) is 0 Å². The first-order valence-electron chi connectivity index (χ1n) is 5.35. The summed E-state index contributed by atoms with van der Waals surface area (Å²) >= 11 is 0. The van der Waals surface area contributed by atoms with Crippen molar-refractivity contribution in [2.45, 2.75) is 32.9 Å². The molecule has 94 valence electrons. The van der Waals surface area contributed by atoms with Gasteiger partial charge in [-0.3, -0.25) is 4.79 Å². The van der Waals surface area contributed by atoms with Crippen molar-refractivity contribution in [3.05, 3.63) is 12.4 Å². The normalized spacial score (nSPS) is 12.4. The average Bonchev–Trinajstić information content (AvgIpc) is 2.68. The third-order valence-electron chi connectivity index (χ3n) is 2.12. The van der Waals surface area contributed by atoms with Crippen LogP contribution in [0.2, 0.25) is 0 Å². The molecule has 1 aromatic rings. The van der Waals surface area contributed by atoms with Crippen LogP contribution >= 0.6 is 0 Å². The van der Waals surface area contributed by atoms with E-state index in [0.717, 1.165) is 0 Å². The topological polar surface area (TPSA) is 97.1 Å². The second-order valence-corrected chi connectivity index (χ2v) is 4.19. The fourth-order valence-electron chi connectivity index (χ4n) is 1.40. The third kappa shape index (κ3) is 4.62. The molecule has 0 aromatic carbocycles. The Morgan fingerprint density at radius 1 is 1.47 bits per heavy atom. The summed E-state index contributed by atoms with van der Waals surface area (Å²) in [7, 11) is 0. The lowest BCUT2D eigenvalue weighted by Crippen LogP contribution is -2.43. The van der Waals surface area contributed by atoms with Gasteiger partial charge in [-0.2, -0.15) is 0 Å². The molecule has 0 aliphatic rings. The number of carbonyl (C=O) groups is 2. The van der Waals surface area contributed by atoms with E-state index in [1.165, 1.54) is 17.1 Å². The van der Waals surface area contributed by atoms with Crippen molar-refractivity contribution < 1.29 is 14.7 Å². The van der Waals surface area contributed by atoms with Gasteiger partial charge in [0.1, 0.15) is 12.6 Å². The van der Waals surface area contributed by atoms with Crippen LogP contribution in [0.3, 0.4) is 0 Å². The first-order valence-corrected chi connectivity index (χ1v) is 5.35. The third-order valence-corrected chi connectivity index (χ3v) is 2.12. The van der Waals surface area contributed by atoms with E-state index < -0.39 is 12.0 Å². The molecule has 1 atom stereocenters. The summed E-state index contributed by atoms with van der Waals surface area (Å²) in [6.07, 6.45) is 3.40.